The number of rotatable bonds is 7. The number of benzene rings is 1. The number of halogens is 2. The number of ether oxygens (including phenoxy) is 1. The van der Waals surface area contributed by atoms with E-state index >= 15 is 0 Å². The third-order valence-electron chi connectivity index (χ3n) is 3.12. The largest absolute Gasteiger partial charge is 0.479 e. The number of carbonyl (C=O) groups is 1. The second kappa shape index (κ2) is 8.80. The van der Waals surface area contributed by atoms with Crippen molar-refractivity contribution in [3.05, 3.63) is 53.7 Å². The van der Waals surface area contributed by atoms with Gasteiger partial charge in [-0.3, -0.25) is 4.79 Å². The number of aromatic nitrogens is 1. The Balaban J connectivity index is 2.24. The summed E-state index contributed by atoms with van der Waals surface area (Å²) < 4.78 is 33.5. The average molecular weight is 378 g/mol. The van der Waals surface area contributed by atoms with Crippen LogP contribution >= 0.6 is 11.8 Å². The minimum Gasteiger partial charge on any atom is -0.479 e. The van der Waals surface area contributed by atoms with Crippen molar-refractivity contribution in [2.75, 3.05) is 6.61 Å². The van der Waals surface area contributed by atoms with Crippen LogP contribution in [-0.4, -0.2) is 22.6 Å². The standard InChI is InChI=1S/C19H20F2N2O2S/c1-11(2)26-18-6-4-5-17(23-18)13-8-15(20)19(16(21)9-13)25-10-14(24)7-12(3)22/h4-9,11H,10,22H2,1-3H3. The highest BCUT2D eigenvalue weighted by molar-refractivity contribution is 7.99. The molecule has 1 aromatic heterocycles. The molecule has 0 unspecified atom stereocenters. The number of allylic oxidation sites excluding steroid dienone is 1. The summed E-state index contributed by atoms with van der Waals surface area (Å²) in [5.74, 6) is -2.87. The third kappa shape index (κ3) is 5.56. The van der Waals surface area contributed by atoms with Crippen LogP contribution in [0, 0.1) is 11.6 Å². The molecule has 0 aliphatic rings. The molecule has 1 heterocycles. The van der Waals surface area contributed by atoms with E-state index in [1.165, 1.54) is 6.92 Å². The number of carbonyl (C=O) groups excluding carboxylic acids is 1. The van der Waals surface area contributed by atoms with Crippen molar-refractivity contribution in [2.24, 2.45) is 5.73 Å². The van der Waals surface area contributed by atoms with Gasteiger partial charge in [0.1, 0.15) is 0 Å². The number of nitrogens with two attached hydrogens (primary N) is 1. The molecule has 0 aliphatic heterocycles. The first-order chi connectivity index (χ1) is 12.3. The first-order valence-electron chi connectivity index (χ1n) is 7.98. The van der Waals surface area contributed by atoms with Gasteiger partial charge in [0.05, 0.1) is 10.7 Å². The normalized spacial score (nSPS) is 11.7. The molecule has 0 bridgehead atoms. The van der Waals surface area contributed by atoms with E-state index in [9.17, 15) is 13.6 Å². The Morgan fingerprint density at radius 1 is 1.31 bits per heavy atom. The van der Waals surface area contributed by atoms with E-state index < -0.39 is 29.8 Å². The predicted molar refractivity (Wildman–Crippen MR) is 99.0 cm³/mol. The lowest BCUT2D eigenvalue weighted by Crippen LogP contribution is -2.12. The maximum Gasteiger partial charge on any atom is 0.194 e. The minimum absolute atomic E-state index is 0.292. The van der Waals surface area contributed by atoms with Crippen molar-refractivity contribution in [3.63, 3.8) is 0 Å². The van der Waals surface area contributed by atoms with Gasteiger partial charge in [0.2, 0.25) is 0 Å². The van der Waals surface area contributed by atoms with Gasteiger partial charge in [-0.25, -0.2) is 13.8 Å². The van der Waals surface area contributed by atoms with Gasteiger partial charge in [0.25, 0.3) is 0 Å². The number of hydrogen-bond acceptors (Lipinski definition) is 5. The molecule has 2 rings (SSSR count). The van der Waals surface area contributed by atoms with Crippen molar-refractivity contribution < 1.29 is 18.3 Å². The molecule has 2 aromatic rings. The molecule has 0 saturated carbocycles. The monoisotopic (exact) mass is 378 g/mol. The lowest BCUT2D eigenvalue weighted by molar-refractivity contribution is -0.116. The minimum atomic E-state index is -0.898. The number of pyridine rings is 1. The summed E-state index contributed by atoms with van der Waals surface area (Å²) in [5, 5.41) is 1.11. The Morgan fingerprint density at radius 2 is 1.96 bits per heavy atom. The van der Waals surface area contributed by atoms with E-state index in [4.69, 9.17) is 10.5 Å². The maximum atomic E-state index is 14.3. The molecule has 2 N–H and O–H groups in total. The SMILES string of the molecule is CC(N)=CC(=O)COc1c(F)cc(-c2cccc(SC(C)C)n2)cc1F. The molecule has 4 nitrogen and oxygen atoms in total. The summed E-state index contributed by atoms with van der Waals surface area (Å²) in [5.41, 5.74) is 6.42. The van der Waals surface area contributed by atoms with Crippen LogP contribution in [0.1, 0.15) is 20.8 Å². The van der Waals surface area contributed by atoms with Gasteiger partial charge in [-0.15, -0.1) is 11.8 Å². The molecule has 0 aliphatic carbocycles. The molecule has 7 heteroatoms. The van der Waals surface area contributed by atoms with E-state index in [0.717, 1.165) is 23.2 Å². The summed E-state index contributed by atoms with van der Waals surface area (Å²) in [6.07, 6.45) is 1.14. The van der Waals surface area contributed by atoms with Crippen molar-refractivity contribution >= 4 is 17.5 Å². The fourth-order valence-corrected chi connectivity index (χ4v) is 2.96. The highest BCUT2D eigenvalue weighted by Gasteiger charge is 2.15. The molecule has 1 aromatic carbocycles. The van der Waals surface area contributed by atoms with Gasteiger partial charge in [-0.1, -0.05) is 19.9 Å². The Kier molecular flexibility index (Phi) is 6.74. The van der Waals surface area contributed by atoms with Crippen molar-refractivity contribution in [2.45, 2.75) is 31.0 Å². The lowest BCUT2D eigenvalue weighted by atomic mass is 10.1. The Labute approximate surface area is 155 Å². The number of hydrogen-bond donors (Lipinski definition) is 1. The van der Waals surface area contributed by atoms with Crippen molar-refractivity contribution in [3.8, 4) is 17.0 Å². The van der Waals surface area contributed by atoms with E-state index in [1.807, 2.05) is 19.9 Å². The van der Waals surface area contributed by atoms with Gasteiger partial charge < -0.3 is 10.5 Å². The van der Waals surface area contributed by atoms with Gasteiger partial charge >= 0.3 is 0 Å². The number of ketones is 1. The molecule has 0 fully saturated rings. The average Bonchev–Trinajstić information content (AvgIpc) is 2.52. The molecule has 0 saturated heterocycles. The van der Waals surface area contributed by atoms with Gasteiger partial charge in [-0.05, 0) is 31.2 Å². The molecule has 26 heavy (non-hydrogen) atoms. The summed E-state index contributed by atoms with van der Waals surface area (Å²) in [4.78, 5) is 15.9. The third-order valence-corrected chi connectivity index (χ3v) is 4.06. The molecule has 0 spiro atoms. The molecular formula is C19H20F2N2O2S. The van der Waals surface area contributed by atoms with E-state index in [2.05, 4.69) is 4.98 Å². The Hall–Kier alpha value is -2.41. The summed E-state index contributed by atoms with van der Waals surface area (Å²) in [7, 11) is 0. The second-order valence-corrected chi connectivity index (χ2v) is 7.54. The molecule has 0 amide bonds. The van der Waals surface area contributed by atoms with E-state index in [0.29, 0.717) is 22.2 Å². The second-order valence-electron chi connectivity index (χ2n) is 5.94. The van der Waals surface area contributed by atoms with Gasteiger partial charge in [-0.2, -0.15) is 0 Å². The van der Waals surface area contributed by atoms with Gasteiger partial charge in [0.15, 0.2) is 29.8 Å². The molecular weight excluding hydrogens is 358 g/mol. The van der Waals surface area contributed by atoms with Crippen LogP contribution < -0.4 is 10.5 Å². The number of nitrogens with zero attached hydrogens (tertiary/aromatic N) is 1. The highest BCUT2D eigenvalue weighted by atomic mass is 32.2. The van der Waals surface area contributed by atoms with Gasteiger partial charge in [0, 0.05) is 22.6 Å². The predicted octanol–water partition coefficient (Wildman–Crippen LogP) is 4.34. The van der Waals surface area contributed by atoms with Crippen LogP contribution in [0.5, 0.6) is 5.75 Å². The quantitative estimate of drug-likeness (QED) is 0.574. The fourth-order valence-electron chi connectivity index (χ4n) is 2.17. The number of thioether (sulfide) groups is 1. The zero-order valence-corrected chi connectivity index (χ0v) is 15.6. The topological polar surface area (TPSA) is 65.2 Å². The lowest BCUT2D eigenvalue weighted by Gasteiger charge is -2.10. The zero-order valence-electron chi connectivity index (χ0n) is 14.8. The molecule has 0 atom stereocenters. The van der Waals surface area contributed by atoms with Crippen molar-refractivity contribution in [1.82, 2.24) is 4.98 Å². The summed E-state index contributed by atoms with van der Waals surface area (Å²) >= 11 is 1.56. The fraction of sp³-hybridized carbons (Fsp3) is 0.263. The summed E-state index contributed by atoms with van der Waals surface area (Å²) in [6.45, 7) is 5.10. The Morgan fingerprint density at radius 3 is 2.54 bits per heavy atom. The highest BCUT2D eigenvalue weighted by Crippen LogP contribution is 2.30. The van der Waals surface area contributed by atoms with Crippen LogP contribution in [0.4, 0.5) is 8.78 Å². The van der Waals surface area contributed by atoms with Crippen LogP contribution in [-0.2, 0) is 4.79 Å². The maximum absolute atomic E-state index is 14.3. The van der Waals surface area contributed by atoms with Crippen LogP contribution in [0.2, 0.25) is 0 Å². The van der Waals surface area contributed by atoms with E-state index in [-0.39, 0.29) is 0 Å². The van der Waals surface area contributed by atoms with Crippen LogP contribution in [0.3, 0.4) is 0 Å². The van der Waals surface area contributed by atoms with Crippen molar-refractivity contribution in [1.29, 1.82) is 0 Å². The Bertz CT molecular complexity index is 811. The van der Waals surface area contributed by atoms with Crippen LogP contribution in [0.25, 0.3) is 11.3 Å². The first-order valence-corrected chi connectivity index (χ1v) is 8.86. The summed E-state index contributed by atoms with van der Waals surface area (Å²) in [6, 6.07) is 7.58. The smallest absolute Gasteiger partial charge is 0.194 e. The van der Waals surface area contributed by atoms with E-state index in [1.54, 1.807) is 23.9 Å². The molecule has 138 valence electrons. The molecule has 0 radical (unpaired) electrons. The van der Waals surface area contributed by atoms with Crippen LogP contribution in [0.15, 0.2) is 47.1 Å². The first kappa shape index (κ1) is 19.9. The zero-order chi connectivity index (χ0) is 19.3.